The van der Waals surface area contributed by atoms with E-state index in [1.54, 1.807) is 37.4 Å². The first-order valence-electron chi connectivity index (χ1n) is 8.66. The van der Waals surface area contributed by atoms with Crippen LogP contribution in [-0.4, -0.2) is 21.8 Å². The van der Waals surface area contributed by atoms with Crippen molar-refractivity contribution in [3.05, 3.63) is 77.8 Å². The molecule has 1 atom stereocenters. The van der Waals surface area contributed by atoms with Crippen molar-refractivity contribution in [2.75, 3.05) is 0 Å². The Bertz CT molecular complexity index is 1080. The van der Waals surface area contributed by atoms with E-state index in [0.717, 1.165) is 10.5 Å². The van der Waals surface area contributed by atoms with Gasteiger partial charge in [0.25, 0.3) is 5.91 Å². The Labute approximate surface area is 161 Å². The molecular formula is C21H16N4O3. The fourth-order valence-electron chi connectivity index (χ4n) is 3.17. The van der Waals surface area contributed by atoms with E-state index in [4.69, 9.17) is 9.68 Å². The van der Waals surface area contributed by atoms with Gasteiger partial charge >= 0.3 is 6.03 Å². The van der Waals surface area contributed by atoms with E-state index in [-0.39, 0.29) is 12.4 Å². The van der Waals surface area contributed by atoms with Crippen molar-refractivity contribution in [2.24, 2.45) is 0 Å². The van der Waals surface area contributed by atoms with Crippen LogP contribution in [-0.2, 0) is 16.9 Å². The van der Waals surface area contributed by atoms with Crippen molar-refractivity contribution in [1.29, 1.82) is 5.26 Å². The summed E-state index contributed by atoms with van der Waals surface area (Å²) in [5.74, 6) is 0.436. The summed E-state index contributed by atoms with van der Waals surface area (Å²) in [6.45, 7) is 1.57. The number of hydrogen-bond donors (Lipinski definition) is 1. The van der Waals surface area contributed by atoms with Crippen molar-refractivity contribution < 1.29 is 14.0 Å². The lowest BCUT2D eigenvalue weighted by atomic mass is 9.91. The monoisotopic (exact) mass is 372 g/mol. The molecule has 0 spiro atoms. The highest BCUT2D eigenvalue weighted by Crippen LogP contribution is 2.30. The smallest absolute Gasteiger partial charge is 0.325 e. The van der Waals surface area contributed by atoms with Crippen LogP contribution < -0.4 is 5.32 Å². The number of amides is 3. The molecule has 7 heteroatoms. The summed E-state index contributed by atoms with van der Waals surface area (Å²) in [5.41, 5.74) is 0.736. The number of nitrogens with zero attached hydrogens (tertiary/aromatic N) is 3. The largest absolute Gasteiger partial charge is 0.439 e. The van der Waals surface area contributed by atoms with Gasteiger partial charge in [0.2, 0.25) is 5.89 Å². The van der Waals surface area contributed by atoms with Gasteiger partial charge in [0.05, 0.1) is 17.8 Å². The van der Waals surface area contributed by atoms with E-state index in [0.29, 0.717) is 16.9 Å². The molecule has 0 bridgehead atoms. The van der Waals surface area contributed by atoms with Crippen molar-refractivity contribution >= 4 is 11.9 Å². The second-order valence-electron chi connectivity index (χ2n) is 6.62. The van der Waals surface area contributed by atoms with Gasteiger partial charge in [-0.1, -0.05) is 42.5 Å². The number of hydrogen-bond acceptors (Lipinski definition) is 5. The van der Waals surface area contributed by atoms with Crippen LogP contribution >= 0.6 is 0 Å². The van der Waals surface area contributed by atoms with Crippen LogP contribution in [0, 0.1) is 11.3 Å². The van der Waals surface area contributed by atoms with E-state index in [2.05, 4.69) is 10.3 Å². The fraction of sp³-hybridized carbons (Fsp3) is 0.143. The van der Waals surface area contributed by atoms with Crippen LogP contribution in [0.3, 0.4) is 0 Å². The Morgan fingerprint density at radius 3 is 2.54 bits per heavy atom. The molecule has 1 N–H and O–H groups in total. The molecule has 2 aromatic carbocycles. The first kappa shape index (κ1) is 17.5. The summed E-state index contributed by atoms with van der Waals surface area (Å²) in [4.78, 5) is 30.7. The van der Waals surface area contributed by atoms with Crippen molar-refractivity contribution in [3.8, 4) is 17.4 Å². The SMILES string of the molecule is C[C@@]1(c2ccc(C#N)cc2)NC(=O)N(Cc2ncc(-c3ccccc3)o2)C1=O. The quantitative estimate of drug-likeness (QED) is 0.709. The minimum Gasteiger partial charge on any atom is -0.439 e. The van der Waals surface area contributed by atoms with Gasteiger partial charge in [-0.3, -0.25) is 9.69 Å². The predicted molar refractivity (Wildman–Crippen MR) is 99.5 cm³/mol. The lowest BCUT2D eigenvalue weighted by Gasteiger charge is -2.22. The summed E-state index contributed by atoms with van der Waals surface area (Å²) in [7, 11) is 0. The predicted octanol–water partition coefficient (Wildman–Crippen LogP) is 3.18. The average Bonchev–Trinajstić information content (AvgIpc) is 3.28. The van der Waals surface area contributed by atoms with Gasteiger partial charge in [0.1, 0.15) is 12.1 Å². The average molecular weight is 372 g/mol. The van der Waals surface area contributed by atoms with Crippen molar-refractivity contribution in [3.63, 3.8) is 0 Å². The lowest BCUT2D eigenvalue weighted by molar-refractivity contribution is -0.131. The van der Waals surface area contributed by atoms with Gasteiger partial charge in [-0.2, -0.15) is 5.26 Å². The molecule has 2 heterocycles. The molecule has 1 aliphatic rings. The number of nitrogens with one attached hydrogen (secondary N) is 1. The Kier molecular flexibility index (Phi) is 4.17. The van der Waals surface area contributed by atoms with Gasteiger partial charge in [-0.15, -0.1) is 0 Å². The second kappa shape index (κ2) is 6.67. The zero-order valence-electron chi connectivity index (χ0n) is 15.0. The van der Waals surface area contributed by atoms with E-state index >= 15 is 0 Å². The molecule has 7 nitrogen and oxygen atoms in total. The third-order valence-corrected chi connectivity index (χ3v) is 4.77. The molecule has 4 rings (SSSR count). The molecule has 0 radical (unpaired) electrons. The van der Waals surface area contributed by atoms with Gasteiger partial charge in [-0.05, 0) is 24.6 Å². The molecule has 3 aromatic rings. The molecule has 1 saturated heterocycles. The van der Waals surface area contributed by atoms with Crippen LogP contribution in [0.25, 0.3) is 11.3 Å². The molecule has 1 aliphatic heterocycles. The first-order chi connectivity index (χ1) is 13.5. The summed E-state index contributed by atoms with van der Waals surface area (Å²) in [5, 5.41) is 11.7. The summed E-state index contributed by atoms with van der Waals surface area (Å²) < 4.78 is 5.71. The minimum absolute atomic E-state index is 0.0661. The van der Waals surface area contributed by atoms with E-state index in [9.17, 15) is 9.59 Å². The molecule has 0 unspecified atom stereocenters. The fourth-order valence-corrected chi connectivity index (χ4v) is 3.17. The zero-order valence-corrected chi connectivity index (χ0v) is 15.0. The standard InChI is InChI=1S/C21H16N4O3/c1-21(16-9-7-14(11-22)8-10-16)19(26)25(20(27)24-21)13-18-23-12-17(28-18)15-5-3-2-4-6-15/h2-10,12H,13H2,1H3,(H,24,27)/t21-/m0/s1. The van der Waals surface area contributed by atoms with Crippen LogP contribution in [0.4, 0.5) is 4.79 Å². The summed E-state index contributed by atoms with van der Waals surface area (Å²) in [6.07, 6.45) is 1.57. The van der Waals surface area contributed by atoms with Crippen molar-refractivity contribution in [2.45, 2.75) is 19.0 Å². The number of rotatable bonds is 4. The number of aromatic nitrogens is 1. The molecule has 3 amide bonds. The zero-order chi connectivity index (χ0) is 19.7. The van der Waals surface area contributed by atoms with Crippen LogP contribution in [0.15, 0.2) is 65.2 Å². The first-order valence-corrected chi connectivity index (χ1v) is 8.66. The van der Waals surface area contributed by atoms with Crippen LogP contribution in [0.1, 0.15) is 23.9 Å². The van der Waals surface area contributed by atoms with Gasteiger partial charge in [0, 0.05) is 5.56 Å². The molecule has 1 aromatic heterocycles. The molecule has 28 heavy (non-hydrogen) atoms. The second-order valence-corrected chi connectivity index (χ2v) is 6.62. The third-order valence-electron chi connectivity index (χ3n) is 4.77. The highest BCUT2D eigenvalue weighted by molar-refractivity contribution is 6.07. The molecule has 0 aliphatic carbocycles. The Balaban J connectivity index is 1.56. The van der Waals surface area contributed by atoms with Crippen LogP contribution in [0.2, 0.25) is 0 Å². The van der Waals surface area contributed by atoms with E-state index in [1.165, 1.54) is 0 Å². The molecule has 138 valence electrons. The number of carbonyl (C=O) groups is 2. The number of benzene rings is 2. The van der Waals surface area contributed by atoms with Gasteiger partial charge in [0.15, 0.2) is 5.76 Å². The molecule has 0 saturated carbocycles. The topological polar surface area (TPSA) is 99.2 Å². The minimum atomic E-state index is -1.21. The third kappa shape index (κ3) is 2.91. The number of oxazole rings is 1. The highest BCUT2D eigenvalue weighted by atomic mass is 16.4. The van der Waals surface area contributed by atoms with E-state index < -0.39 is 17.5 Å². The Morgan fingerprint density at radius 2 is 1.86 bits per heavy atom. The van der Waals surface area contributed by atoms with Crippen molar-refractivity contribution in [1.82, 2.24) is 15.2 Å². The highest BCUT2D eigenvalue weighted by Gasteiger charge is 2.49. The number of imide groups is 1. The maximum Gasteiger partial charge on any atom is 0.325 e. The molecular weight excluding hydrogens is 356 g/mol. The normalized spacial score (nSPS) is 18.8. The Morgan fingerprint density at radius 1 is 1.14 bits per heavy atom. The number of nitriles is 1. The van der Waals surface area contributed by atoms with E-state index in [1.807, 2.05) is 36.4 Å². The maximum absolute atomic E-state index is 13.0. The summed E-state index contributed by atoms with van der Waals surface area (Å²) in [6, 6.07) is 17.5. The lowest BCUT2D eigenvalue weighted by Crippen LogP contribution is -2.40. The summed E-state index contributed by atoms with van der Waals surface area (Å²) >= 11 is 0. The Hall–Kier alpha value is -3.92. The maximum atomic E-state index is 13.0. The molecule has 1 fully saturated rings. The number of carbonyl (C=O) groups excluding carboxylic acids is 2. The van der Waals surface area contributed by atoms with Gasteiger partial charge in [-0.25, -0.2) is 9.78 Å². The van der Waals surface area contributed by atoms with Crippen LogP contribution in [0.5, 0.6) is 0 Å². The van der Waals surface area contributed by atoms with Gasteiger partial charge < -0.3 is 9.73 Å². The number of urea groups is 1.